The van der Waals surface area contributed by atoms with Crippen LogP contribution in [-0.2, 0) is 7.05 Å². The summed E-state index contributed by atoms with van der Waals surface area (Å²) in [4.78, 5) is 4.55. The van der Waals surface area contributed by atoms with Gasteiger partial charge >= 0.3 is 0 Å². The van der Waals surface area contributed by atoms with Crippen molar-refractivity contribution in [1.82, 2.24) is 9.55 Å². The number of nitrogens with zero attached hydrogens (tertiary/aromatic N) is 2. The lowest BCUT2D eigenvalue weighted by Gasteiger charge is -2.05. The number of fused-ring (bicyclic) bond motifs is 1. The predicted molar refractivity (Wildman–Crippen MR) is 72.2 cm³/mol. The molecule has 0 radical (unpaired) electrons. The van der Waals surface area contributed by atoms with Gasteiger partial charge in [-0.05, 0) is 30.6 Å². The smallest absolute Gasteiger partial charge is 0.203 e. The summed E-state index contributed by atoms with van der Waals surface area (Å²) in [5.74, 6) is 2.15. The van der Waals surface area contributed by atoms with Crippen LogP contribution in [0, 0.1) is 0 Å². The molecule has 0 fully saturated rings. The maximum Gasteiger partial charge on any atom is 0.203 e. The Bertz CT molecular complexity index is 464. The van der Waals surface area contributed by atoms with Crippen molar-refractivity contribution in [2.45, 2.75) is 6.42 Å². The highest BCUT2D eigenvalue weighted by atomic mass is 32.2. The molecule has 1 aromatic carbocycles. The second-order valence-corrected chi connectivity index (χ2v) is 4.74. The van der Waals surface area contributed by atoms with E-state index >= 15 is 0 Å². The molecule has 0 unspecified atom stereocenters. The van der Waals surface area contributed by atoms with E-state index in [9.17, 15) is 0 Å². The maximum absolute atomic E-state index is 4.55. The lowest BCUT2D eigenvalue weighted by Crippen LogP contribution is -2.07. The van der Waals surface area contributed by atoms with Gasteiger partial charge < -0.3 is 9.88 Å². The van der Waals surface area contributed by atoms with Gasteiger partial charge in [0.05, 0.1) is 11.0 Å². The molecule has 16 heavy (non-hydrogen) atoms. The van der Waals surface area contributed by atoms with E-state index in [1.54, 1.807) is 0 Å². The molecule has 0 aliphatic heterocycles. The summed E-state index contributed by atoms with van der Waals surface area (Å²) >= 11 is 1.88. The third kappa shape index (κ3) is 2.32. The molecule has 0 bridgehead atoms. The maximum atomic E-state index is 4.55. The molecular formula is C12H17N3S. The number of thioether (sulfide) groups is 1. The zero-order valence-electron chi connectivity index (χ0n) is 9.73. The number of aromatic nitrogens is 2. The van der Waals surface area contributed by atoms with E-state index < -0.39 is 0 Å². The van der Waals surface area contributed by atoms with E-state index in [0.29, 0.717) is 0 Å². The molecule has 2 aromatic rings. The molecule has 0 saturated carbocycles. The van der Waals surface area contributed by atoms with Crippen molar-refractivity contribution >= 4 is 28.7 Å². The van der Waals surface area contributed by atoms with Crippen LogP contribution in [0.2, 0.25) is 0 Å². The number of aryl methyl sites for hydroxylation is 1. The van der Waals surface area contributed by atoms with Gasteiger partial charge in [-0.15, -0.1) is 0 Å². The normalized spacial score (nSPS) is 10.9. The van der Waals surface area contributed by atoms with Crippen LogP contribution in [0.5, 0.6) is 0 Å². The largest absolute Gasteiger partial charge is 0.356 e. The molecule has 1 N–H and O–H groups in total. The summed E-state index contributed by atoms with van der Waals surface area (Å²) in [5, 5.41) is 3.38. The van der Waals surface area contributed by atoms with Gasteiger partial charge in [0.15, 0.2) is 0 Å². The summed E-state index contributed by atoms with van der Waals surface area (Å²) in [6.45, 7) is 0.984. The SMILES string of the molecule is CSCCCNc1nc2ccccc2n1C. The molecule has 0 aliphatic rings. The molecule has 1 heterocycles. The van der Waals surface area contributed by atoms with Crippen LogP contribution >= 0.6 is 11.8 Å². The van der Waals surface area contributed by atoms with Crippen molar-refractivity contribution in [3.63, 3.8) is 0 Å². The first-order valence-corrected chi connectivity index (χ1v) is 6.86. The highest BCUT2D eigenvalue weighted by Gasteiger charge is 2.05. The van der Waals surface area contributed by atoms with E-state index in [0.717, 1.165) is 18.0 Å². The summed E-state index contributed by atoms with van der Waals surface area (Å²) in [6.07, 6.45) is 3.30. The molecule has 3 nitrogen and oxygen atoms in total. The van der Waals surface area contributed by atoms with Gasteiger partial charge in [-0.2, -0.15) is 11.8 Å². The third-order valence-electron chi connectivity index (χ3n) is 2.60. The topological polar surface area (TPSA) is 29.9 Å². The lowest BCUT2D eigenvalue weighted by molar-refractivity contribution is 0.904. The number of para-hydroxylation sites is 2. The lowest BCUT2D eigenvalue weighted by atomic mass is 10.3. The quantitative estimate of drug-likeness (QED) is 0.808. The number of benzene rings is 1. The van der Waals surface area contributed by atoms with E-state index in [-0.39, 0.29) is 0 Å². The van der Waals surface area contributed by atoms with Gasteiger partial charge in [-0.1, -0.05) is 12.1 Å². The minimum Gasteiger partial charge on any atom is -0.356 e. The Hall–Kier alpha value is -1.16. The van der Waals surface area contributed by atoms with E-state index in [4.69, 9.17) is 0 Å². The van der Waals surface area contributed by atoms with E-state index in [1.807, 2.05) is 37.0 Å². The Morgan fingerprint density at radius 2 is 2.19 bits per heavy atom. The fourth-order valence-corrected chi connectivity index (χ4v) is 2.15. The molecule has 0 aliphatic carbocycles. The second kappa shape index (κ2) is 5.25. The molecule has 2 rings (SSSR count). The molecule has 4 heteroatoms. The van der Waals surface area contributed by atoms with Crippen molar-refractivity contribution in [2.75, 3.05) is 23.9 Å². The Morgan fingerprint density at radius 1 is 1.38 bits per heavy atom. The number of hydrogen-bond donors (Lipinski definition) is 1. The predicted octanol–water partition coefficient (Wildman–Crippen LogP) is 2.74. The molecule has 0 spiro atoms. The highest BCUT2D eigenvalue weighted by molar-refractivity contribution is 7.98. The fourth-order valence-electron chi connectivity index (χ4n) is 1.72. The zero-order chi connectivity index (χ0) is 11.4. The summed E-state index contributed by atoms with van der Waals surface area (Å²) in [7, 11) is 2.05. The van der Waals surface area contributed by atoms with E-state index in [1.165, 1.54) is 17.7 Å². The number of hydrogen-bond acceptors (Lipinski definition) is 3. The first-order chi connectivity index (χ1) is 7.83. The third-order valence-corrected chi connectivity index (χ3v) is 3.29. The van der Waals surface area contributed by atoms with Gasteiger partial charge in [0.25, 0.3) is 0 Å². The van der Waals surface area contributed by atoms with E-state index in [2.05, 4.69) is 27.2 Å². The zero-order valence-corrected chi connectivity index (χ0v) is 10.5. The van der Waals surface area contributed by atoms with Gasteiger partial charge in [0, 0.05) is 13.6 Å². The number of rotatable bonds is 5. The summed E-state index contributed by atoms with van der Waals surface area (Å²) in [5.41, 5.74) is 2.23. The number of nitrogens with one attached hydrogen (secondary N) is 1. The molecular weight excluding hydrogens is 218 g/mol. The summed E-state index contributed by atoms with van der Waals surface area (Å²) in [6, 6.07) is 8.20. The van der Waals surface area contributed by atoms with Crippen molar-refractivity contribution < 1.29 is 0 Å². The fraction of sp³-hybridized carbons (Fsp3) is 0.417. The van der Waals surface area contributed by atoms with Gasteiger partial charge in [0.1, 0.15) is 0 Å². The first-order valence-electron chi connectivity index (χ1n) is 5.47. The molecule has 0 amide bonds. The van der Waals surface area contributed by atoms with Crippen LogP contribution in [0.3, 0.4) is 0 Å². The van der Waals surface area contributed by atoms with Crippen molar-refractivity contribution in [3.8, 4) is 0 Å². The number of anilines is 1. The van der Waals surface area contributed by atoms with Crippen LogP contribution in [0.15, 0.2) is 24.3 Å². The minimum atomic E-state index is 0.960. The monoisotopic (exact) mass is 235 g/mol. The van der Waals surface area contributed by atoms with Crippen LogP contribution in [-0.4, -0.2) is 28.1 Å². The second-order valence-electron chi connectivity index (χ2n) is 3.76. The van der Waals surface area contributed by atoms with Crippen molar-refractivity contribution in [2.24, 2.45) is 7.05 Å². The van der Waals surface area contributed by atoms with Gasteiger partial charge in [-0.3, -0.25) is 0 Å². The van der Waals surface area contributed by atoms with Crippen molar-refractivity contribution in [1.29, 1.82) is 0 Å². The average molecular weight is 235 g/mol. The van der Waals surface area contributed by atoms with Crippen LogP contribution in [0.1, 0.15) is 6.42 Å². The Morgan fingerprint density at radius 3 is 2.94 bits per heavy atom. The van der Waals surface area contributed by atoms with Crippen LogP contribution in [0.25, 0.3) is 11.0 Å². The average Bonchev–Trinajstić information content (AvgIpc) is 2.63. The Kier molecular flexibility index (Phi) is 3.72. The molecule has 1 aromatic heterocycles. The minimum absolute atomic E-state index is 0.960. The van der Waals surface area contributed by atoms with Gasteiger partial charge in [-0.25, -0.2) is 4.98 Å². The van der Waals surface area contributed by atoms with Crippen molar-refractivity contribution in [3.05, 3.63) is 24.3 Å². The van der Waals surface area contributed by atoms with Crippen LogP contribution < -0.4 is 5.32 Å². The first kappa shape index (κ1) is 11.3. The standard InChI is InChI=1S/C12H17N3S/c1-15-11-7-4-3-6-10(11)14-12(15)13-8-5-9-16-2/h3-4,6-7H,5,8-9H2,1-2H3,(H,13,14). The molecule has 0 saturated heterocycles. The molecule has 86 valence electrons. The summed E-state index contributed by atoms with van der Waals surface area (Å²) < 4.78 is 2.11. The molecule has 0 atom stereocenters. The highest BCUT2D eigenvalue weighted by Crippen LogP contribution is 2.17. The Balaban J connectivity index is 2.09. The van der Waals surface area contributed by atoms with Crippen LogP contribution in [0.4, 0.5) is 5.95 Å². The Labute approximate surface area is 100 Å². The number of imidazole rings is 1. The van der Waals surface area contributed by atoms with Gasteiger partial charge in [0.2, 0.25) is 5.95 Å².